The van der Waals surface area contributed by atoms with E-state index in [1.54, 1.807) is 0 Å². The second kappa shape index (κ2) is 7.71. The second-order valence-corrected chi connectivity index (χ2v) is 5.15. The Morgan fingerprint density at radius 3 is 2.71 bits per heavy atom. The molecule has 1 amide bonds. The average molecular weight is 370 g/mol. The number of rotatable bonds is 5. The molecule has 0 fully saturated rings. The van der Waals surface area contributed by atoms with Gasteiger partial charge in [0.1, 0.15) is 10.2 Å². The summed E-state index contributed by atoms with van der Waals surface area (Å²) in [6.07, 6.45) is 1.40. The van der Waals surface area contributed by atoms with Crippen molar-refractivity contribution >= 4 is 46.5 Å². The first-order valence-electron chi connectivity index (χ1n) is 6.40. The largest absolute Gasteiger partial charge is 0.452 e. The minimum atomic E-state index is -0.815. The van der Waals surface area contributed by atoms with Gasteiger partial charge in [0.15, 0.2) is 6.61 Å². The van der Waals surface area contributed by atoms with E-state index in [-0.39, 0.29) is 27.1 Å². The normalized spacial score (nSPS) is 10.1. The molecule has 0 unspecified atom stereocenters. The van der Waals surface area contributed by atoms with E-state index in [1.165, 1.54) is 30.5 Å². The molecule has 2 aromatic rings. The van der Waals surface area contributed by atoms with Gasteiger partial charge in [-0.2, -0.15) is 0 Å². The van der Waals surface area contributed by atoms with Gasteiger partial charge in [-0.1, -0.05) is 23.2 Å². The molecule has 0 aliphatic rings. The van der Waals surface area contributed by atoms with E-state index >= 15 is 0 Å². The highest BCUT2D eigenvalue weighted by Gasteiger charge is 2.16. The monoisotopic (exact) mass is 369 g/mol. The van der Waals surface area contributed by atoms with Gasteiger partial charge in [-0.05, 0) is 24.3 Å². The first-order valence-corrected chi connectivity index (χ1v) is 7.15. The van der Waals surface area contributed by atoms with Gasteiger partial charge < -0.3 is 10.1 Å². The van der Waals surface area contributed by atoms with Gasteiger partial charge in [-0.15, -0.1) is 0 Å². The molecule has 8 nitrogen and oxygen atoms in total. The highest BCUT2D eigenvalue weighted by atomic mass is 35.5. The maximum Gasteiger partial charge on any atom is 0.341 e. The summed E-state index contributed by atoms with van der Waals surface area (Å²) in [4.78, 5) is 37.4. The summed E-state index contributed by atoms with van der Waals surface area (Å²) in [6.45, 7) is -0.597. The van der Waals surface area contributed by atoms with Crippen LogP contribution in [0.4, 0.5) is 11.4 Å². The molecule has 10 heteroatoms. The third kappa shape index (κ3) is 4.40. The van der Waals surface area contributed by atoms with E-state index in [1.807, 2.05) is 0 Å². The molecule has 0 aliphatic carbocycles. The molecule has 24 heavy (non-hydrogen) atoms. The number of halogens is 2. The summed E-state index contributed by atoms with van der Waals surface area (Å²) >= 11 is 11.4. The van der Waals surface area contributed by atoms with Crippen molar-refractivity contribution in [2.24, 2.45) is 0 Å². The maximum atomic E-state index is 11.8. The number of nitrogens with one attached hydrogen (secondary N) is 1. The molecule has 1 aromatic carbocycles. The number of hydrogen-bond donors (Lipinski definition) is 1. The van der Waals surface area contributed by atoms with Crippen LogP contribution in [0.2, 0.25) is 10.2 Å². The number of pyridine rings is 1. The molecule has 1 heterocycles. The van der Waals surface area contributed by atoms with E-state index < -0.39 is 23.4 Å². The molecule has 0 spiro atoms. The number of nitro benzene ring substituents is 1. The average Bonchev–Trinajstić information content (AvgIpc) is 2.54. The van der Waals surface area contributed by atoms with Crippen molar-refractivity contribution in [2.75, 3.05) is 11.9 Å². The maximum absolute atomic E-state index is 11.8. The van der Waals surface area contributed by atoms with Crippen molar-refractivity contribution in [3.63, 3.8) is 0 Å². The number of carbonyl (C=O) groups excluding carboxylic acids is 2. The molecule has 0 aliphatic heterocycles. The number of carbonyl (C=O) groups is 2. The predicted octanol–water partition coefficient (Wildman–Crippen LogP) is 3.09. The van der Waals surface area contributed by atoms with Crippen LogP contribution in [0.5, 0.6) is 0 Å². The van der Waals surface area contributed by atoms with Crippen LogP contribution in [0.25, 0.3) is 0 Å². The number of nitro groups is 1. The Labute approximate surface area is 145 Å². The number of hydrogen-bond acceptors (Lipinski definition) is 6. The Balaban J connectivity index is 1.97. The van der Waals surface area contributed by atoms with Crippen LogP contribution in [0, 0.1) is 10.1 Å². The van der Waals surface area contributed by atoms with Crippen LogP contribution in [-0.4, -0.2) is 28.4 Å². The van der Waals surface area contributed by atoms with Crippen molar-refractivity contribution in [2.45, 2.75) is 0 Å². The zero-order valence-corrected chi connectivity index (χ0v) is 13.4. The summed E-state index contributed by atoms with van der Waals surface area (Å²) < 4.78 is 4.81. The van der Waals surface area contributed by atoms with Gasteiger partial charge in [0.25, 0.3) is 11.6 Å². The van der Waals surface area contributed by atoms with E-state index in [4.69, 9.17) is 27.9 Å². The minimum absolute atomic E-state index is 0.0223. The molecule has 0 saturated carbocycles. The van der Waals surface area contributed by atoms with Gasteiger partial charge in [-0.3, -0.25) is 14.9 Å². The van der Waals surface area contributed by atoms with Crippen LogP contribution < -0.4 is 5.32 Å². The first-order chi connectivity index (χ1) is 11.4. The lowest BCUT2D eigenvalue weighted by Crippen LogP contribution is -2.21. The summed E-state index contributed by atoms with van der Waals surface area (Å²) in [7, 11) is 0. The fraction of sp³-hybridized carbons (Fsp3) is 0.0714. The Morgan fingerprint density at radius 2 is 2.04 bits per heavy atom. The predicted molar refractivity (Wildman–Crippen MR) is 86.3 cm³/mol. The quantitative estimate of drug-likeness (QED) is 0.375. The highest BCUT2D eigenvalue weighted by molar-refractivity contribution is 6.33. The summed E-state index contributed by atoms with van der Waals surface area (Å²) in [5, 5.41) is 13.0. The molecule has 1 N–H and O–H groups in total. The smallest absolute Gasteiger partial charge is 0.341 e. The Bertz CT molecular complexity index is 813. The standard InChI is InChI=1S/C14H9Cl2N3O5/c15-10-4-3-8(6-11(10)19(22)23)18-12(20)7-24-14(21)9-2-1-5-17-13(9)16/h1-6H,7H2,(H,18,20). The number of nitrogens with zero attached hydrogens (tertiary/aromatic N) is 2. The summed E-state index contributed by atoms with van der Waals surface area (Å²) in [5.41, 5.74) is -0.186. The van der Waals surface area contributed by atoms with Crippen LogP contribution >= 0.6 is 23.2 Å². The van der Waals surface area contributed by atoms with Crippen LogP contribution in [-0.2, 0) is 9.53 Å². The van der Waals surface area contributed by atoms with Crippen LogP contribution in [0.1, 0.15) is 10.4 Å². The number of aromatic nitrogens is 1. The van der Waals surface area contributed by atoms with Gasteiger partial charge in [0.05, 0.1) is 10.5 Å². The summed E-state index contributed by atoms with van der Waals surface area (Å²) in [6, 6.07) is 6.65. The second-order valence-electron chi connectivity index (χ2n) is 4.39. The van der Waals surface area contributed by atoms with Crippen LogP contribution in [0.15, 0.2) is 36.5 Å². The molecule has 124 valence electrons. The number of ether oxygens (including phenoxy) is 1. The Morgan fingerprint density at radius 1 is 1.29 bits per heavy atom. The van der Waals surface area contributed by atoms with Gasteiger partial charge in [0.2, 0.25) is 0 Å². The third-order valence-electron chi connectivity index (χ3n) is 2.74. The topological polar surface area (TPSA) is 111 Å². The molecule has 2 rings (SSSR count). The Hall–Kier alpha value is -2.71. The van der Waals surface area contributed by atoms with Gasteiger partial charge >= 0.3 is 5.97 Å². The van der Waals surface area contributed by atoms with Crippen molar-refractivity contribution in [1.82, 2.24) is 4.98 Å². The van der Waals surface area contributed by atoms with E-state index in [9.17, 15) is 19.7 Å². The first kappa shape index (κ1) is 17.6. The fourth-order valence-corrected chi connectivity index (χ4v) is 2.06. The van der Waals surface area contributed by atoms with Crippen molar-refractivity contribution in [3.05, 3.63) is 62.4 Å². The zero-order valence-electron chi connectivity index (χ0n) is 11.9. The van der Waals surface area contributed by atoms with Gasteiger partial charge in [-0.25, -0.2) is 9.78 Å². The molecule has 1 aromatic heterocycles. The third-order valence-corrected chi connectivity index (χ3v) is 3.36. The summed E-state index contributed by atoms with van der Waals surface area (Å²) in [5.74, 6) is -1.50. The molecule has 0 radical (unpaired) electrons. The number of benzene rings is 1. The highest BCUT2D eigenvalue weighted by Crippen LogP contribution is 2.27. The van der Waals surface area contributed by atoms with Crippen LogP contribution in [0.3, 0.4) is 0 Å². The molecule has 0 atom stereocenters. The van der Waals surface area contributed by atoms with Crippen molar-refractivity contribution in [1.29, 1.82) is 0 Å². The minimum Gasteiger partial charge on any atom is -0.452 e. The van der Waals surface area contributed by atoms with E-state index in [2.05, 4.69) is 10.3 Å². The molecule has 0 saturated heterocycles. The number of amides is 1. The Kier molecular flexibility index (Phi) is 5.67. The van der Waals surface area contributed by atoms with E-state index in [0.717, 1.165) is 6.07 Å². The van der Waals surface area contributed by atoms with Gasteiger partial charge in [0, 0.05) is 18.0 Å². The lowest BCUT2D eigenvalue weighted by molar-refractivity contribution is -0.384. The van der Waals surface area contributed by atoms with E-state index in [0.29, 0.717) is 0 Å². The lowest BCUT2D eigenvalue weighted by Gasteiger charge is -2.07. The molecular weight excluding hydrogens is 361 g/mol. The molecular formula is C14H9Cl2N3O5. The molecule has 0 bridgehead atoms. The van der Waals surface area contributed by atoms with Crippen molar-refractivity contribution in [3.8, 4) is 0 Å². The SMILES string of the molecule is O=C(COC(=O)c1cccnc1Cl)Nc1ccc(Cl)c([N+](=O)[O-])c1. The number of esters is 1. The lowest BCUT2D eigenvalue weighted by atomic mass is 10.3. The zero-order chi connectivity index (χ0) is 17.7. The fourth-order valence-electron chi connectivity index (χ4n) is 1.67. The number of anilines is 1. The van der Waals surface area contributed by atoms with Crippen molar-refractivity contribution < 1.29 is 19.2 Å².